The van der Waals surface area contributed by atoms with Crippen LogP contribution in [0.1, 0.15) is 19.8 Å². The number of para-hydroxylation sites is 1. The Hall–Kier alpha value is -2.41. The molecule has 3 N–H and O–H groups in total. The topological polar surface area (TPSA) is 90.5 Å². The molecule has 130 valence electrons. The third-order valence-electron chi connectivity index (χ3n) is 4.33. The van der Waals surface area contributed by atoms with Crippen molar-refractivity contribution in [3.8, 4) is 0 Å². The Labute approximate surface area is 141 Å². The van der Waals surface area contributed by atoms with Gasteiger partial charge in [0.25, 0.3) is 0 Å². The lowest BCUT2D eigenvalue weighted by atomic mass is 9.94. The van der Waals surface area contributed by atoms with Gasteiger partial charge in [0.2, 0.25) is 11.8 Å². The first-order valence-corrected chi connectivity index (χ1v) is 8.13. The molecule has 0 saturated carbocycles. The molecule has 1 heterocycles. The van der Waals surface area contributed by atoms with Gasteiger partial charge in [-0.25, -0.2) is 4.79 Å². The maximum atomic E-state index is 12.3. The molecule has 1 saturated heterocycles. The fraction of sp³-hybridized carbons (Fsp3) is 0.471. The SMILES string of the molecule is CNC(=O)NC(=O)[C@H](C)N1CCC(C(=O)Nc2ccccc2)CC1. The molecule has 0 aromatic heterocycles. The monoisotopic (exact) mass is 332 g/mol. The Balaban J connectivity index is 1.81. The highest BCUT2D eigenvalue weighted by Gasteiger charge is 2.30. The van der Waals surface area contributed by atoms with E-state index in [4.69, 9.17) is 0 Å². The van der Waals surface area contributed by atoms with Crippen LogP contribution in [-0.4, -0.2) is 48.9 Å². The minimum Gasteiger partial charge on any atom is -0.341 e. The molecular formula is C17H24N4O3. The smallest absolute Gasteiger partial charge is 0.321 e. The number of piperidine rings is 1. The fourth-order valence-electron chi connectivity index (χ4n) is 2.76. The molecule has 0 aliphatic carbocycles. The predicted octanol–water partition coefficient (Wildman–Crippen LogP) is 1.18. The molecule has 7 heteroatoms. The van der Waals surface area contributed by atoms with E-state index in [1.165, 1.54) is 7.05 Å². The van der Waals surface area contributed by atoms with Crippen LogP contribution < -0.4 is 16.0 Å². The first-order valence-electron chi connectivity index (χ1n) is 8.13. The lowest BCUT2D eigenvalue weighted by Gasteiger charge is -2.34. The van der Waals surface area contributed by atoms with Gasteiger partial charge in [-0.3, -0.25) is 19.8 Å². The van der Waals surface area contributed by atoms with E-state index in [2.05, 4.69) is 16.0 Å². The molecule has 1 aromatic rings. The number of nitrogens with zero attached hydrogens (tertiary/aromatic N) is 1. The Morgan fingerprint density at radius 1 is 1.12 bits per heavy atom. The van der Waals surface area contributed by atoms with Gasteiger partial charge in [-0.15, -0.1) is 0 Å². The van der Waals surface area contributed by atoms with E-state index in [9.17, 15) is 14.4 Å². The average molecular weight is 332 g/mol. The number of carbonyl (C=O) groups excluding carboxylic acids is 3. The number of hydrogen-bond acceptors (Lipinski definition) is 4. The highest BCUT2D eigenvalue weighted by atomic mass is 16.2. The molecule has 0 unspecified atom stereocenters. The van der Waals surface area contributed by atoms with Crippen molar-refractivity contribution in [2.45, 2.75) is 25.8 Å². The van der Waals surface area contributed by atoms with E-state index < -0.39 is 12.1 Å². The zero-order chi connectivity index (χ0) is 17.5. The van der Waals surface area contributed by atoms with Crippen LogP contribution in [0.5, 0.6) is 0 Å². The zero-order valence-corrected chi connectivity index (χ0v) is 14.0. The predicted molar refractivity (Wildman–Crippen MR) is 91.4 cm³/mol. The summed E-state index contributed by atoms with van der Waals surface area (Å²) in [6, 6.07) is 8.47. The molecular weight excluding hydrogens is 308 g/mol. The number of imide groups is 1. The molecule has 7 nitrogen and oxygen atoms in total. The normalized spacial score (nSPS) is 16.9. The molecule has 0 radical (unpaired) electrons. The van der Waals surface area contributed by atoms with Gasteiger partial charge < -0.3 is 10.6 Å². The number of likely N-dealkylation sites (tertiary alicyclic amines) is 1. The number of benzene rings is 1. The van der Waals surface area contributed by atoms with Crippen LogP contribution >= 0.6 is 0 Å². The summed E-state index contributed by atoms with van der Waals surface area (Å²) >= 11 is 0. The fourth-order valence-corrected chi connectivity index (χ4v) is 2.76. The Morgan fingerprint density at radius 3 is 2.33 bits per heavy atom. The first kappa shape index (κ1) is 17.9. The molecule has 4 amide bonds. The van der Waals surface area contributed by atoms with Crippen LogP contribution in [-0.2, 0) is 9.59 Å². The lowest BCUT2D eigenvalue weighted by molar-refractivity contribution is -0.126. The van der Waals surface area contributed by atoms with Crippen LogP contribution in [0.15, 0.2) is 30.3 Å². The number of carbonyl (C=O) groups is 3. The largest absolute Gasteiger partial charge is 0.341 e. The summed E-state index contributed by atoms with van der Waals surface area (Å²) in [7, 11) is 1.46. The van der Waals surface area contributed by atoms with Crippen molar-refractivity contribution in [2.24, 2.45) is 5.92 Å². The van der Waals surface area contributed by atoms with E-state index >= 15 is 0 Å². The summed E-state index contributed by atoms with van der Waals surface area (Å²) in [5.74, 6) is -0.375. The summed E-state index contributed by atoms with van der Waals surface area (Å²) in [6.45, 7) is 3.06. The minimum absolute atomic E-state index is 0.0170. The molecule has 1 aliphatic rings. The van der Waals surface area contributed by atoms with Crippen LogP contribution in [0.2, 0.25) is 0 Å². The summed E-state index contributed by atoms with van der Waals surface area (Å²) in [5.41, 5.74) is 0.795. The molecule has 2 rings (SSSR count). The van der Waals surface area contributed by atoms with Gasteiger partial charge in [-0.2, -0.15) is 0 Å². The van der Waals surface area contributed by atoms with Crippen molar-refractivity contribution in [2.75, 3.05) is 25.5 Å². The molecule has 1 aromatic carbocycles. The number of hydrogen-bond donors (Lipinski definition) is 3. The number of amides is 4. The van der Waals surface area contributed by atoms with Gasteiger partial charge in [0.15, 0.2) is 0 Å². The van der Waals surface area contributed by atoms with E-state index in [1.807, 2.05) is 35.2 Å². The van der Waals surface area contributed by atoms with Crippen LogP contribution in [0.25, 0.3) is 0 Å². The Kier molecular flexibility index (Phi) is 6.31. The van der Waals surface area contributed by atoms with Gasteiger partial charge in [0.05, 0.1) is 6.04 Å². The molecule has 1 fully saturated rings. The number of nitrogens with one attached hydrogen (secondary N) is 3. The van der Waals surface area contributed by atoms with Gasteiger partial charge in [-0.1, -0.05) is 18.2 Å². The van der Waals surface area contributed by atoms with Crippen LogP contribution in [0, 0.1) is 5.92 Å². The van der Waals surface area contributed by atoms with Gasteiger partial charge in [0, 0.05) is 18.7 Å². The summed E-state index contributed by atoms with van der Waals surface area (Å²) in [6.07, 6.45) is 1.38. The van der Waals surface area contributed by atoms with Crippen molar-refractivity contribution in [3.63, 3.8) is 0 Å². The van der Waals surface area contributed by atoms with Gasteiger partial charge in [-0.05, 0) is 45.0 Å². The van der Waals surface area contributed by atoms with Crippen LogP contribution in [0.3, 0.4) is 0 Å². The second kappa shape index (κ2) is 8.44. The molecule has 0 spiro atoms. The third-order valence-corrected chi connectivity index (χ3v) is 4.33. The Morgan fingerprint density at radius 2 is 1.75 bits per heavy atom. The molecule has 1 aliphatic heterocycles. The summed E-state index contributed by atoms with van der Waals surface area (Å²) in [4.78, 5) is 37.5. The quantitative estimate of drug-likeness (QED) is 0.772. The van der Waals surface area contributed by atoms with E-state index in [0.29, 0.717) is 25.9 Å². The second-order valence-corrected chi connectivity index (χ2v) is 5.91. The summed E-state index contributed by atoms with van der Waals surface area (Å²) in [5, 5.41) is 7.56. The van der Waals surface area contributed by atoms with Crippen molar-refractivity contribution < 1.29 is 14.4 Å². The number of urea groups is 1. The van der Waals surface area contributed by atoms with Gasteiger partial charge in [0.1, 0.15) is 0 Å². The number of rotatable bonds is 4. The highest BCUT2D eigenvalue weighted by Crippen LogP contribution is 2.21. The second-order valence-electron chi connectivity index (χ2n) is 5.91. The summed E-state index contributed by atoms with van der Waals surface area (Å²) < 4.78 is 0. The van der Waals surface area contributed by atoms with E-state index in [1.54, 1.807) is 6.92 Å². The van der Waals surface area contributed by atoms with Crippen molar-refractivity contribution in [3.05, 3.63) is 30.3 Å². The zero-order valence-electron chi connectivity index (χ0n) is 14.0. The highest BCUT2D eigenvalue weighted by molar-refractivity contribution is 5.96. The average Bonchev–Trinajstić information content (AvgIpc) is 2.61. The van der Waals surface area contributed by atoms with E-state index in [0.717, 1.165) is 5.69 Å². The first-order chi connectivity index (χ1) is 11.5. The molecule has 24 heavy (non-hydrogen) atoms. The maximum absolute atomic E-state index is 12.3. The van der Waals surface area contributed by atoms with Crippen LogP contribution in [0.4, 0.5) is 10.5 Å². The maximum Gasteiger partial charge on any atom is 0.321 e. The molecule has 1 atom stereocenters. The Bertz CT molecular complexity index is 583. The van der Waals surface area contributed by atoms with Crippen molar-refractivity contribution in [1.29, 1.82) is 0 Å². The van der Waals surface area contributed by atoms with E-state index in [-0.39, 0.29) is 17.7 Å². The number of anilines is 1. The van der Waals surface area contributed by atoms with Crippen molar-refractivity contribution >= 4 is 23.5 Å². The molecule has 0 bridgehead atoms. The minimum atomic E-state index is -0.510. The van der Waals surface area contributed by atoms with Gasteiger partial charge >= 0.3 is 6.03 Å². The lowest BCUT2D eigenvalue weighted by Crippen LogP contribution is -2.51. The van der Waals surface area contributed by atoms with Crippen molar-refractivity contribution in [1.82, 2.24) is 15.5 Å². The standard InChI is InChI=1S/C17H24N4O3/c1-12(15(22)20-17(24)18-2)21-10-8-13(9-11-21)16(23)19-14-6-4-3-5-7-14/h3-7,12-13H,8-11H2,1-2H3,(H,19,23)(H2,18,20,22,24)/t12-/m0/s1. The third kappa shape index (κ3) is 4.79.